The van der Waals surface area contributed by atoms with Crippen LogP contribution in [0.5, 0.6) is 0 Å². The van der Waals surface area contributed by atoms with Gasteiger partial charge in [-0.3, -0.25) is 0 Å². The number of anilines is 6. The van der Waals surface area contributed by atoms with Gasteiger partial charge in [-0.05, 0) is 133 Å². The van der Waals surface area contributed by atoms with Crippen molar-refractivity contribution in [2.75, 3.05) is 9.80 Å². The van der Waals surface area contributed by atoms with Crippen LogP contribution in [0, 0.1) is 0 Å². The molecule has 2 aliphatic heterocycles. The Bertz CT molecular complexity index is 2880. The molecule has 3 aliphatic rings. The van der Waals surface area contributed by atoms with Gasteiger partial charge in [0.25, 0.3) is 0 Å². The van der Waals surface area contributed by atoms with Crippen LogP contribution in [0.15, 0.2) is 158 Å². The second-order valence-corrected chi connectivity index (χ2v) is 17.5. The van der Waals surface area contributed by atoms with Gasteiger partial charge in [0.1, 0.15) is 0 Å². The second-order valence-electron chi connectivity index (χ2n) is 17.5. The van der Waals surface area contributed by atoms with E-state index in [4.69, 9.17) is 0 Å². The molecule has 2 heteroatoms. The summed E-state index contributed by atoms with van der Waals surface area (Å²) in [6, 6.07) is 59.5. The molecular formula is C53H44N2. The highest BCUT2D eigenvalue weighted by Crippen LogP contribution is 2.58. The Morgan fingerprint density at radius 2 is 0.709 bits per heavy atom. The number of hydrogen-bond donors (Lipinski definition) is 0. The number of nitrogens with zero attached hydrogens (tertiary/aromatic N) is 2. The maximum Gasteiger partial charge on any atom is 0.0506 e. The minimum absolute atomic E-state index is 0.0799. The Kier molecular flexibility index (Phi) is 6.45. The zero-order valence-electron chi connectivity index (χ0n) is 32.4. The molecule has 8 aromatic carbocycles. The van der Waals surface area contributed by atoms with E-state index in [1.807, 2.05) is 0 Å². The fourth-order valence-electron chi connectivity index (χ4n) is 10.4. The van der Waals surface area contributed by atoms with E-state index in [-0.39, 0.29) is 16.2 Å². The van der Waals surface area contributed by atoms with Crippen molar-refractivity contribution in [3.8, 4) is 11.1 Å². The predicted molar refractivity (Wildman–Crippen MR) is 233 cm³/mol. The minimum Gasteiger partial charge on any atom is -0.310 e. The molecular weight excluding hydrogens is 665 g/mol. The molecule has 0 unspecified atom stereocenters. The van der Waals surface area contributed by atoms with Gasteiger partial charge < -0.3 is 9.80 Å². The number of para-hydroxylation sites is 3. The molecule has 0 saturated heterocycles. The van der Waals surface area contributed by atoms with Crippen molar-refractivity contribution in [1.29, 1.82) is 0 Å². The lowest BCUT2D eigenvalue weighted by atomic mass is 9.72. The smallest absolute Gasteiger partial charge is 0.0506 e. The van der Waals surface area contributed by atoms with Crippen LogP contribution in [0.3, 0.4) is 0 Å². The fraction of sp³-hybridized carbons (Fsp3) is 0.170. The monoisotopic (exact) mass is 708 g/mol. The van der Waals surface area contributed by atoms with Gasteiger partial charge in [-0.15, -0.1) is 0 Å². The highest BCUT2D eigenvalue weighted by molar-refractivity contribution is 6.03. The highest BCUT2D eigenvalue weighted by Gasteiger charge is 2.42. The van der Waals surface area contributed by atoms with E-state index in [1.165, 1.54) is 100 Å². The molecule has 0 bridgehead atoms. The van der Waals surface area contributed by atoms with Crippen LogP contribution >= 0.6 is 0 Å². The molecule has 266 valence electrons. The maximum absolute atomic E-state index is 2.52. The van der Waals surface area contributed by atoms with E-state index in [2.05, 4.69) is 209 Å². The third-order valence-corrected chi connectivity index (χ3v) is 13.3. The van der Waals surface area contributed by atoms with E-state index in [1.54, 1.807) is 0 Å². The van der Waals surface area contributed by atoms with Gasteiger partial charge in [-0.1, -0.05) is 133 Å². The van der Waals surface area contributed by atoms with Gasteiger partial charge in [0.05, 0.1) is 22.7 Å². The van der Waals surface area contributed by atoms with Gasteiger partial charge in [0.2, 0.25) is 0 Å². The third kappa shape index (κ3) is 4.37. The van der Waals surface area contributed by atoms with Gasteiger partial charge in [0.15, 0.2) is 0 Å². The molecule has 55 heavy (non-hydrogen) atoms. The highest BCUT2D eigenvalue weighted by atomic mass is 15.2. The first kappa shape index (κ1) is 32.3. The molecule has 0 spiro atoms. The lowest BCUT2D eigenvalue weighted by Crippen LogP contribution is -2.31. The van der Waals surface area contributed by atoms with Crippen LogP contribution in [0.25, 0.3) is 32.7 Å². The van der Waals surface area contributed by atoms with Gasteiger partial charge in [-0.2, -0.15) is 0 Å². The van der Waals surface area contributed by atoms with Crippen molar-refractivity contribution >= 4 is 55.7 Å². The average Bonchev–Trinajstić information content (AvgIpc) is 3.42. The number of hydrogen-bond acceptors (Lipinski definition) is 2. The Labute approximate surface area is 324 Å². The lowest BCUT2D eigenvalue weighted by molar-refractivity contribution is 0.627. The Hall–Kier alpha value is -6.12. The molecule has 8 aromatic rings. The Morgan fingerprint density at radius 3 is 1.24 bits per heavy atom. The SMILES string of the molecule is CC1(C)c2ccccc2-c2cc3c(cc21)N(c1ccc2cc4cc(N5c6ccccc6C(C)(C)c6ccccc65)ccc4cc2c1)c1ccccc1C3(C)C. The second kappa shape index (κ2) is 11.0. The lowest BCUT2D eigenvalue weighted by Gasteiger charge is -2.43. The van der Waals surface area contributed by atoms with Crippen molar-refractivity contribution in [3.63, 3.8) is 0 Å². The van der Waals surface area contributed by atoms with Crippen molar-refractivity contribution in [2.24, 2.45) is 0 Å². The molecule has 0 N–H and O–H groups in total. The van der Waals surface area contributed by atoms with Crippen LogP contribution in [-0.2, 0) is 16.2 Å². The van der Waals surface area contributed by atoms with Crippen molar-refractivity contribution in [3.05, 3.63) is 191 Å². The first-order chi connectivity index (χ1) is 26.5. The molecule has 0 saturated carbocycles. The normalized spacial score (nSPS) is 16.5. The zero-order chi connectivity index (χ0) is 37.4. The first-order valence-corrected chi connectivity index (χ1v) is 19.7. The molecule has 11 rings (SSSR count). The van der Waals surface area contributed by atoms with E-state index < -0.39 is 0 Å². The molecule has 1 aliphatic carbocycles. The van der Waals surface area contributed by atoms with Gasteiger partial charge >= 0.3 is 0 Å². The number of benzene rings is 8. The van der Waals surface area contributed by atoms with Crippen LogP contribution in [-0.4, -0.2) is 0 Å². The molecule has 0 atom stereocenters. The minimum atomic E-state index is -0.158. The van der Waals surface area contributed by atoms with Gasteiger partial charge in [-0.25, -0.2) is 0 Å². The van der Waals surface area contributed by atoms with Crippen molar-refractivity contribution < 1.29 is 0 Å². The fourth-order valence-corrected chi connectivity index (χ4v) is 10.4. The zero-order valence-corrected chi connectivity index (χ0v) is 32.4. The summed E-state index contributed by atoms with van der Waals surface area (Å²) in [6.45, 7) is 14.2. The summed E-state index contributed by atoms with van der Waals surface area (Å²) < 4.78 is 0. The first-order valence-electron chi connectivity index (χ1n) is 19.7. The van der Waals surface area contributed by atoms with Crippen molar-refractivity contribution in [2.45, 2.75) is 57.8 Å². The standard InChI is InChI=1S/C53H44N2/c1-51(2)41-16-8-7-15-39(41)40-31-46-50(32-45(40)51)55(49-22-14-11-19-44(49)53(46,5)6)38-26-24-34-27-35-29-37(25-23-33(35)28-36(34)30-38)54-47-20-12-9-17-42(47)52(3,4)43-18-10-13-21-48(43)54/h7-32H,1-6H3. The molecule has 0 fully saturated rings. The quantitative estimate of drug-likeness (QED) is 0.165. The third-order valence-electron chi connectivity index (χ3n) is 13.3. The summed E-state index contributed by atoms with van der Waals surface area (Å²) >= 11 is 0. The molecule has 0 aromatic heterocycles. The van der Waals surface area contributed by atoms with Crippen molar-refractivity contribution in [1.82, 2.24) is 0 Å². The topological polar surface area (TPSA) is 6.48 Å². The summed E-state index contributed by atoms with van der Waals surface area (Å²) in [6.07, 6.45) is 0. The van der Waals surface area contributed by atoms with Crippen LogP contribution in [0.1, 0.15) is 74.9 Å². The largest absolute Gasteiger partial charge is 0.310 e. The Morgan fingerprint density at radius 1 is 0.291 bits per heavy atom. The Balaban J connectivity index is 1.06. The summed E-state index contributed by atoms with van der Waals surface area (Å²) in [4.78, 5) is 4.97. The average molecular weight is 709 g/mol. The maximum atomic E-state index is 2.52. The number of rotatable bonds is 2. The van der Waals surface area contributed by atoms with E-state index in [0.717, 1.165) is 0 Å². The van der Waals surface area contributed by atoms with E-state index in [9.17, 15) is 0 Å². The molecule has 0 amide bonds. The van der Waals surface area contributed by atoms with E-state index >= 15 is 0 Å². The molecule has 2 heterocycles. The summed E-state index contributed by atoms with van der Waals surface area (Å²) in [7, 11) is 0. The van der Waals surface area contributed by atoms with E-state index in [0.29, 0.717) is 0 Å². The summed E-state index contributed by atoms with van der Waals surface area (Å²) in [5, 5.41) is 4.96. The molecule has 2 nitrogen and oxygen atoms in total. The van der Waals surface area contributed by atoms with Gasteiger partial charge in [0, 0.05) is 27.6 Å². The predicted octanol–water partition coefficient (Wildman–Crippen LogP) is 14.5. The molecule has 0 radical (unpaired) electrons. The number of fused-ring (bicyclic) bond motifs is 9. The van der Waals surface area contributed by atoms with Crippen LogP contribution < -0.4 is 9.80 Å². The summed E-state index contributed by atoms with van der Waals surface area (Å²) in [5.74, 6) is 0. The van der Waals surface area contributed by atoms with Crippen LogP contribution in [0.4, 0.5) is 34.1 Å². The van der Waals surface area contributed by atoms with Crippen LogP contribution in [0.2, 0.25) is 0 Å². The summed E-state index contributed by atoms with van der Waals surface area (Å²) in [5.41, 5.74) is 18.0.